The molecule has 0 saturated heterocycles. The Morgan fingerprint density at radius 1 is 1.12 bits per heavy atom. The first kappa shape index (κ1) is 22.2. The van der Waals surface area contributed by atoms with Crippen molar-refractivity contribution in [2.75, 3.05) is 5.32 Å². The average Bonchev–Trinajstić information content (AvgIpc) is 3.48. The minimum atomic E-state index is -3.97. The summed E-state index contributed by atoms with van der Waals surface area (Å²) in [6, 6.07) is 9.56. The SMILES string of the molecule is Cc1ccc(-c2noc(C3CC3)n2)cc1S(=O)(=O)NC(C)C(=O)Nc1cccc(C)c1C. The van der Waals surface area contributed by atoms with Gasteiger partial charge in [0.05, 0.1) is 10.9 Å². The summed E-state index contributed by atoms with van der Waals surface area (Å²) >= 11 is 0. The van der Waals surface area contributed by atoms with Crippen LogP contribution in [0.2, 0.25) is 0 Å². The molecular weight excluding hydrogens is 428 g/mol. The molecule has 1 saturated carbocycles. The molecule has 1 aliphatic rings. The number of nitrogens with zero attached hydrogens (tertiary/aromatic N) is 2. The summed E-state index contributed by atoms with van der Waals surface area (Å²) < 4.78 is 34.0. The van der Waals surface area contributed by atoms with Gasteiger partial charge in [-0.05, 0) is 69.4 Å². The van der Waals surface area contributed by atoms with E-state index >= 15 is 0 Å². The predicted molar refractivity (Wildman–Crippen MR) is 121 cm³/mol. The number of benzene rings is 2. The van der Waals surface area contributed by atoms with E-state index in [1.165, 1.54) is 13.0 Å². The molecule has 4 rings (SSSR count). The maximum Gasteiger partial charge on any atom is 0.242 e. The monoisotopic (exact) mass is 454 g/mol. The number of sulfonamides is 1. The van der Waals surface area contributed by atoms with E-state index < -0.39 is 22.0 Å². The molecule has 1 atom stereocenters. The zero-order chi connectivity index (χ0) is 23.0. The summed E-state index contributed by atoms with van der Waals surface area (Å²) in [6.07, 6.45) is 2.06. The van der Waals surface area contributed by atoms with E-state index in [1.54, 1.807) is 25.1 Å². The summed E-state index contributed by atoms with van der Waals surface area (Å²) in [5.41, 5.74) is 3.72. The number of hydrogen-bond donors (Lipinski definition) is 2. The van der Waals surface area contributed by atoms with Crippen LogP contribution in [0.4, 0.5) is 5.69 Å². The van der Waals surface area contributed by atoms with Crippen LogP contribution in [0.1, 0.15) is 48.3 Å². The fourth-order valence-corrected chi connectivity index (χ4v) is 4.83. The number of anilines is 1. The largest absolute Gasteiger partial charge is 0.339 e. The maximum absolute atomic E-state index is 13.1. The van der Waals surface area contributed by atoms with Gasteiger partial charge in [-0.3, -0.25) is 4.79 Å². The summed E-state index contributed by atoms with van der Waals surface area (Å²) in [7, 11) is -3.97. The summed E-state index contributed by atoms with van der Waals surface area (Å²) in [6.45, 7) is 7.06. The van der Waals surface area contributed by atoms with Crippen molar-refractivity contribution in [1.29, 1.82) is 0 Å². The predicted octanol–water partition coefficient (Wildman–Crippen LogP) is 3.84. The number of nitrogens with one attached hydrogen (secondary N) is 2. The molecule has 2 aromatic carbocycles. The highest BCUT2D eigenvalue weighted by Gasteiger charge is 2.30. The topological polar surface area (TPSA) is 114 Å². The summed E-state index contributed by atoms with van der Waals surface area (Å²) in [5.74, 6) is 0.801. The minimum absolute atomic E-state index is 0.0687. The number of aromatic nitrogens is 2. The van der Waals surface area contributed by atoms with Gasteiger partial charge in [-0.2, -0.15) is 9.71 Å². The van der Waals surface area contributed by atoms with Gasteiger partial charge in [-0.25, -0.2) is 8.42 Å². The first-order valence-electron chi connectivity index (χ1n) is 10.5. The van der Waals surface area contributed by atoms with Gasteiger partial charge in [0.1, 0.15) is 0 Å². The van der Waals surface area contributed by atoms with Crippen LogP contribution in [0.25, 0.3) is 11.4 Å². The van der Waals surface area contributed by atoms with E-state index in [-0.39, 0.29) is 4.90 Å². The Balaban J connectivity index is 1.53. The normalized spacial score (nSPS) is 14.9. The molecular formula is C23H26N4O4S. The van der Waals surface area contributed by atoms with Crippen LogP contribution in [-0.4, -0.2) is 30.5 Å². The van der Waals surface area contributed by atoms with Crippen LogP contribution in [0.15, 0.2) is 45.8 Å². The van der Waals surface area contributed by atoms with Crippen LogP contribution < -0.4 is 10.0 Å². The number of carbonyl (C=O) groups excluding carboxylic acids is 1. The molecule has 32 heavy (non-hydrogen) atoms. The van der Waals surface area contributed by atoms with Crippen molar-refractivity contribution in [3.8, 4) is 11.4 Å². The highest BCUT2D eigenvalue weighted by atomic mass is 32.2. The van der Waals surface area contributed by atoms with Gasteiger partial charge in [-0.15, -0.1) is 0 Å². The van der Waals surface area contributed by atoms with Crippen LogP contribution in [0.5, 0.6) is 0 Å². The van der Waals surface area contributed by atoms with E-state index in [9.17, 15) is 13.2 Å². The fourth-order valence-electron chi connectivity index (χ4n) is 3.35. The first-order chi connectivity index (χ1) is 15.2. The van der Waals surface area contributed by atoms with Gasteiger partial charge in [0.15, 0.2) is 0 Å². The Bertz CT molecular complexity index is 1280. The van der Waals surface area contributed by atoms with Gasteiger partial charge in [0.2, 0.25) is 27.6 Å². The van der Waals surface area contributed by atoms with Gasteiger partial charge >= 0.3 is 0 Å². The van der Waals surface area contributed by atoms with E-state index in [0.29, 0.717) is 34.4 Å². The molecule has 0 bridgehead atoms. The fraction of sp³-hybridized carbons (Fsp3) is 0.348. The van der Waals surface area contributed by atoms with Crippen molar-refractivity contribution in [2.45, 2.75) is 57.4 Å². The Hall–Kier alpha value is -3.04. The van der Waals surface area contributed by atoms with Crippen molar-refractivity contribution in [3.63, 3.8) is 0 Å². The van der Waals surface area contributed by atoms with Gasteiger partial charge < -0.3 is 9.84 Å². The quantitative estimate of drug-likeness (QED) is 0.561. The van der Waals surface area contributed by atoms with Crippen molar-refractivity contribution in [3.05, 3.63) is 59.0 Å². The first-order valence-corrected chi connectivity index (χ1v) is 12.0. The van der Waals surface area contributed by atoms with Crippen LogP contribution >= 0.6 is 0 Å². The molecule has 1 heterocycles. The van der Waals surface area contributed by atoms with E-state index in [2.05, 4.69) is 20.2 Å². The van der Waals surface area contributed by atoms with Crippen LogP contribution in [0.3, 0.4) is 0 Å². The highest BCUT2D eigenvalue weighted by Crippen LogP contribution is 2.39. The molecule has 9 heteroatoms. The molecule has 168 valence electrons. The molecule has 3 aromatic rings. The third kappa shape index (κ3) is 4.58. The molecule has 8 nitrogen and oxygen atoms in total. The lowest BCUT2D eigenvalue weighted by atomic mass is 10.1. The minimum Gasteiger partial charge on any atom is -0.339 e. The molecule has 1 aliphatic carbocycles. The number of carbonyl (C=O) groups is 1. The Labute approximate surface area is 187 Å². The zero-order valence-corrected chi connectivity index (χ0v) is 19.3. The second-order valence-corrected chi connectivity index (χ2v) is 9.97. The van der Waals surface area contributed by atoms with Gasteiger partial charge in [-0.1, -0.05) is 29.4 Å². The number of rotatable bonds is 7. The number of amides is 1. The standard InChI is InChI=1S/C23H26N4O4S/c1-13-6-5-7-19(15(13)3)24-22(28)16(4)27-32(29,30)20-12-18(9-8-14(20)2)21-25-23(31-26-21)17-10-11-17/h5-9,12,16-17,27H,10-11H2,1-4H3,(H,24,28). The summed E-state index contributed by atoms with van der Waals surface area (Å²) in [5, 5.41) is 6.78. The van der Waals surface area contributed by atoms with E-state index in [0.717, 1.165) is 24.0 Å². The lowest BCUT2D eigenvalue weighted by Gasteiger charge is -2.17. The molecule has 2 N–H and O–H groups in total. The van der Waals surface area contributed by atoms with Crippen molar-refractivity contribution < 1.29 is 17.7 Å². The van der Waals surface area contributed by atoms with Gasteiger partial charge in [0.25, 0.3) is 0 Å². The number of hydrogen-bond acceptors (Lipinski definition) is 6. The molecule has 0 radical (unpaired) electrons. The maximum atomic E-state index is 13.1. The molecule has 1 amide bonds. The van der Waals surface area contributed by atoms with Crippen molar-refractivity contribution in [1.82, 2.24) is 14.9 Å². The van der Waals surface area contributed by atoms with Crippen molar-refractivity contribution >= 4 is 21.6 Å². The van der Waals surface area contributed by atoms with Crippen LogP contribution in [0, 0.1) is 20.8 Å². The zero-order valence-electron chi connectivity index (χ0n) is 18.5. The highest BCUT2D eigenvalue weighted by molar-refractivity contribution is 7.89. The van der Waals surface area contributed by atoms with E-state index in [1.807, 2.05) is 26.0 Å². The van der Waals surface area contributed by atoms with E-state index in [4.69, 9.17) is 4.52 Å². The third-order valence-corrected chi connectivity index (χ3v) is 7.37. The van der Waals surface area contributed by atoms with Crippen molar-refractivity contribution in [2.24, 2.45) is 0 Å². The Kier molecular flexibility index (Phi) is 5.87. The third-order valence-electron chi connectivity index (χ3n) is 5.69. The smallest absolute Gasteiger partial charge is 0.242 e. The number of aryl methyl sites for hydroxylation is 2. The molecule has 0 aliphatic heterocycles. The lowest BCUT2D eigenvalue weighted by molar-refractivity contribution is -0.117. The molecule has 1 unspecified atom stereocenters. The summed E-state index contributed by atoms with van der Waals surface area (Å²) in [4.78, 5) is 17.1. The molecule has 0 spiro atoms. The molecule has 1 fully saturated rings. The second-order valence-electron chi connectivity index (χ2n) is 8.29. The van der Waals surface area contributed by atoms with Crippen LogP contribution in [-0.2, 0) is 14.8 Å². The second kappa shape index (κ2) is 8.48. The average molecular weight is 455 g/mol. The Morgan fingerprint density at radius 3 is 2.59 bits per heavy atom. The Morgan fingerprint density at radius 2 is 1.88 bits per heavy atom. The molecule has 1 aromatic heterocycles. The lowest BCUT2D eigenvalue weighted by Crippen LogP contribution is -2.41. The van der Waals surface area contributed by atoms with Gasteiger partial charge in [0, 0.05) is 17.2 Å².